The first kappa shape index (κ1) is 23.7. The van der Waals surface area contributed by atoms with Crippen LogP contribution in [0.3, 0.4) is 0 Å². The van der Waals surface area contributed by atoms with Gasteiger partial charge in [0.1, 0.15) is 5.82 Å². The summed E-state index contributed by atoms with van der Waals surface area (Å²) in [6, 6.07) is 21.5. The van der Waals surface area contributed by atoms with E-state index in [0.29, 0.717) is 18.1 Å². The minimum atomic E-state index is -0.169. The van der Waals surface area contributed by atoms with Crippen molar-refractivity contribution in [1.29, 1.82) is 0 Å². The number of benzene rings is 1. The van der Waals surface area contributed by atoms with Gasteiger partial charge in [-0.3, -0.25) is 9.78 Å². The van der Waals surface area contributed by atoms with Gasteiger partial charge in [-0.25, -0.2) is 4.98 Å². The monoisotopic (exact) mass is 496 g/mol. The highest BCUT2D eigenvalue weighted by Crippen LogP contribution is 2.39. The number of aryl methyl sites for hydroxylation is 2. The number of hydrogen-bond acceptors (Lipinski definition) is 4. The number of thiocarbonyl (C=S) groups is 1. The van der Waals surface area contributed by atoms with Gasteiger partial charge < -0.3 is 20.1 Å². The van der Waals surface area contributed by atoms with Gasteiger partial charge in [0.05, 0.1) is 17.8 Å². The molecule has 0 aliphatic carbocycles. The number of carbonyl (C=O) groups excluding carboxylic acids is 1. The van der Waals surface area contributed by atoms with E-state index in [1.165, 1.54) is 0 Å². The van der Waals surface area contributed by atoms with Crippen molar-refractivity contribution in [3.63, 3.8) is 0 Å². The largest absolute Gasteiger partial charge is 0.352 e. The Bertz CT molecular complexity index is 1370. The molecule has 0 radical (unpaired) electrons. The zero-order valence-electron chi connectivity index (χ0n) is 20.3. The molecule has 36 heavy (non-hydrogen) atoms. The van der Waals surface area contributed by atoms with Crippen molar-refractivity contribution in [2.75, 3.05) is 11.9 Å². The van der Waals surface area contributed by atoms with E-state index < -0.39 is 0 Å². The van der Waals surface area contributed by atoms with E-state index in [9.17, 15) is 4.79 Å². The number of anilines is 1. The third-order valence-corrected chi connectivity index (χ3v) is 6.78. The molecule has 0 bridgehead atoms. The summed E-state index contributed by atoms with van der Waals surface area (Å²) in [7, 11) is 0. The minimum Gasteiger partial charge on any atom is -0.352 e. The lowest BCUT2D eigenvalue weighted by Gasteiger charge is -2.28. The van der Waals surface area contributed by atoms with Crippen molar-refractivity contribution in [2.24, 2.45) is 0 Å². The lowest BCUT2D eigenvalue weighted by molar-refractivity contribution is -0.116. The second-order valence-corrected chi connectivity index (χ2v) is 9.31. The molecular weight excluding hydrogens is 468 g/mol. The van der Waals surface area contributed by atoms with Crippen LogP contribution < -0.4 is 10.6 Å². The number of carbonyl (C=O) groups is 1. The van der Waals surface area contributed by atoms with E-state index in [2.05, 4.69) is 36.1 Å². The minimum absolute atomic E-state index is 0.0494. The van der Waals surface area contributed by atoms with Crippen LogP contribution in [0.1, 0.15) is 41.0 Å². The molecule has 5 rings (SSSR count). The number of pyridine rings is 2. The first-order valence-electron chi connectivity index (χ1n) is 11.9. The van der Waals surface area contributed by atoms with Gasteiger partial charge in [0.2, 0.25) is 5.91 Å². The van der Waals surface area contributed by atoms with E-state index in [0.717, 1.165) is 34.0 Å². The Hall–Kier alpha value is -4.04. The summed E-state index contributed by atoms with van der Waals surface area (Å²) in [5.41, 5.74) is 4.89. The molecule has 1 saturated heterocycles. The highest BCUT2D eigenvalue weighted by molar-refractivity contribution is 7.80. The molecule has 4 heterocycles. The fourth-order valence-electron chi connectivity index (χ4n) is 4.61. The van der Waals surface area contributed by atoms with Crippen LogP contribution in [0, 0.1) is 13.8 Å². The highest BCUT2D eigenvalue weighted by Gasteiger charge is 2.41. The summed E-state index contributed by atoms with van der Waals surface area (Å²) in [5.74, 6) is 0.773. The van der Waals surface area contributed by atoms with Crippen molar-refractivity contribution >= 4 is 28.9 Å². The van der Waals surface area contributed by atoms with Crippen LogP contribution in [0.25, 0.3) is 5.82 Å². The first-order valence-corrected chi connectivity index (χ1v) is 12.4. The van der Waals surface area contributed by atoms with E-state index in [4.69, 9.17) is 12.2 Å². The quantitative estimate of drug-likeness (QED) is 0.355. The van der Waals surface area contributed by atoms with Gasteiger partial charge in [-0.1, -0.05) is 24.3 Å². The zero-order valence-corrected chi connectivity index (χ0v) is 21.1. The molecule has 3 aromatic heterocycles. The van der Waals surface area contributed by atoms with Gasteiger partial charge in [-0.05, 0) is 79.7 Å². The number of amides is 1. The van der Waals surface area contributed by atoms with Crippen LogP contribution in [0.4, 0.5) is 5.69 Å². The molecule has 4 aromatic rings. The summed E-state index contributed by atoms with van der Waals surface area (Å²) >= 11 is 5.78. The number of hydrogen-bond donors (Lipinski definition) is 2. The fraction of sp³-hybridized carbons (Fsp3) is 0.214. The van der Waals surface area contributed by atoms with Crippen LogP contribution in [0.5, 0.6) is 0 Å². The smallest absolute Gasteiger partial charge is 0.226 e. The number of aromatic nitrogens is 3. The third kappa shape index (κ3) is 4.85. The molecule has 1 fully saturated rings. The maximum absolute atomic E-state index is 12.9. The Labute approximate surface area is 216 Å². The number of nitrogens with zero attached hydrogens (tertiary/aromatic N) is 4. The SMILES string of the molecule is Cc1ccc(C)c(NC(=O)CCN2C(=S)N[C@@H](c3ccccn3)[C@@H]2c2cccn2-c2ccccn2)c1. The third-order valence-electron chi connectivity index (χ3n) is 6.42. The second kappa shape index (κ2) is 10.3. The number of nitrogens with one attached hydrogen (secondary N) is 2. The molecule has 1 aromatic carbocycles. The Morgan fingerprint density at radius 3 is 2.58 bits per heavy atom. The standard InChI is InChI=1S/C28H28N6OS/c1-19-11-12-20(2)22(18-19)31-25(35)13-17-34-27(26(32-28(34)36)21-8-3-5-14-29-21)23-9-7-16-33(23)24-10-4-6-15-30-24/h3-12,14-16,18,26-27H,13,17H2,1-2H3,(H,31,35)(H,32,36)/t26-,27-/m0/s1. The molecule has 0 spiro atoms. The zero-order chi connectivity index (χ0) is 25.1. The van der Waals surface area contributed by atoms with Crippen LogP contribution in [-0.4, -0.2) is 37.0 Å². The molecule has 0 unspecified atom stereocenters. The Balaban J connectivity index is 1.43. The second-order valence-electron chi connectivity index (χ2n) is 8.93. The van der Waals surface area contributed by atoms with E-state index in [-0.39, 0.29) is 18.0 Å². The molecule has 1 aliphatic rings. The van der Waals surface area contributed by atoms with Crippen LogP contribution in [0.15, 0.2) is 85.3 Å². The summed E-state index contributed by atoms with van der Waals surface area (Å²) in [5, 5.41) is 7.12. The van der Waals surface area contributed by atoms with E-state index >= 15 is 0 Å². The van der Waals surface area contributed by atoms with Crippen molar-refractivity contribution in [2.45, 2.75) is 32.4 Å². The van der Waals surface area contributed by atoms with E-state index in [1.807, 2.05) is 80.7 Å². The van der Waals surface area contributed by atoms with Crippen molar-refractivity contribution in [3.05, 3.63) is 108 Å². The maximum Gasteiger partial charge on any atom is 0.226 e. The summed E-state index contributed by atoms with van der Waals surface area (Å²) in [4.78, 5) is 24.2. The van der Waals surface area contributed by atoms with Gasteiger partial charge in [0.15, 0.2) is 5.11 Å². The summed E-state index contributed by atoms with van der Waals surface area (Å²) in [6.45, 7) is 4.47. The molecular formula is C28H28N6OS. The lowest BCUT2D eigenvalue weighted by atomic mass is 10.0. The predicted octanol–water partition coefficient (Wildman–Crippen LogP) is 4.89. The Morgan fingerprint density at radius 2 is 1.83 bits per heavy atom. The predicted molar refractivity (Wildman–Crippen MR) is 145 cm³/mol. The van der Waals surface area contributed by atoms with Gasteiger partial charge in [-0.2, -0.15) is 0 Å². The molecule has 0 saturated carbocycles. The first-order chi connectivity index (χ1) is 17.5. The molecule has 2 N–H and O–H groups in total. The van der Waals surface area contributed by atoms with Crippen molar-refractivity contribution < 1.29 is 4.79 Å². The molecule has 7 nitrogen and oxygen atoms in total. The van der Waals surface area contributed by atoms with E-state index in [1.54, 1.807) is 12.4 Å². The normalized spacial score (nSPS) is 17.2. The van der Waals surface area contributed by atoms with Crippen molar-refractivity contribution in [1.82, 2.24) is 24.8 Å². The molecule has 2 atom stereocenters. The van der Waals surface area contributed by atoms with Crippen LogP contribution in [-0.2, 0) is 4.79 Å². The average molecular weight is 497 g/mol. The molecule has 8 heteroatoms. The highest BCUT2D eigenvalue weighted by atomic mass is 32.1. The molecule has 1 aliphatic heterocycles. The summed E-state index contributed by atoms with van der Waals surface area (Å²) < 4.78 is 2.07. The molecule has 182 valence electrons. The Morgan fingerprint density at radius 1 is 1.03 bits per heavy atom. The van der Waals surface area contributed by atoms with Crippen molar-refractivity contribution in [3.8, 4) is 5.82 Å². The topological polar surface area (TPSA) is 75.1 Å². The van der Waals surface area contributed by atoms with Crippen LogP contribution in [0.2, 0.25) is 0 Å². The fourth-order valence-corrected chi connectivity index (χ4v) is 4.94. The van der Waals surface area contributed by atoms with Gasteiger partial charge in [-0.15, -0.1) is 0 Å². The van der Waals surface area contributed by atoms with Gasteiger partial charge >= 0.3 is 0 Å². The lowest BCUT2D eigenvalue weighted by Crippen LogP contribution is -2.33. The molecule has 1 amide bonds. The maximum atomic E-state index is 12.9. The Kier molecular flexibility index (Phi) is 6.77. The summed E-state index contributed by atoms with van der Waals surface area (Å²) in [6.07, 6.45) is 5.86. The average Bonchev–Trinajstić information content (AvgIpc) is 3.50. The van der Waals surface area contributed by atoms with Gasteiger partial charge in [0.25, 0.3) is 0 Å². The van der Waals surface area contributed by atoms with Crippen LogP contribution >= 0.6 is 12.2 Å². The van der Waals surface area contributed by atoms with Gasteiger partial charge in [0, 0.05) is 42.9 Å². The number of rotatable bonds is 7.